The Morgan fingerprint density at radius 3 is 2.49 bits per heavy atom. The fourth-order valence-corrected chi connectivity index (χ4v) is 4.40. The van der Waals surface area contributed by atoms with Gasteiger partial charge in [0, 0.05) is 31.6 Å². The quantitative estimate of drug-likeness (QED) is 0.503. The lowest BCUT2D eigenvalue weighted by Gasteiger charge is -2.35. The van der Waals surface area contributed by atoms with Gasteiger partial charge in [-0.1, -0.05) is 24.3 Å². The molecule has 0 bridgehead atoms. The summed E-state index contributed by atoms with van der Waals surface area (Å²) in [5.41, 5.74) is 0.795. The van der Waals surface area contributed by atoms with E-state index in [1.807, 2.05) is 55.4 Å². The zero-order valence-corrected chi connectivity index (χ0v) is 20.8. The first-order valence-electron chi connectivity index (χ1n) is 11.7. The lowest BCUT2D eigenvalue weighted by molar-refractivity contribution is -0.145. The average Bonchev–Trinajstić information content (AvgIpc) is 2.77. The third-order valence-electron chi connectivity index (χ3n) is 6.21. The molecule has 3 aromatic carbocycles. The Labute approximate surface area is 205 Å². The Balaban J connectivity index is 1.62. The summed E-state index contributed by atoms with van der Waals surface area (Å²) in [6, 6.07) is 17.9. The fourth-order valence-electron chi connectivity index (χ4n) is 4.40. The first-order valence-corrected chi connectivity index (χ1v) is 11.7. The molecule has 7 nitrogen and oxygen atoms in total. The zero-order valence-electron chi connectivity index (χ0n) is 20.8. The van der Waals surface area contributed by atoms with Crippen LogP contribution in [0.2, 0.25) is 0 Å². The first-order chi connectivity index (χ1) is 16.5. The minimum Gasteiger partial charge on any atom is -0.479 e. The van der Waals surface area contributed by atoms with E-state index in [1.54, 1.807) is 20.8 Å². The van der Waals surface area contributed by atoms with Crippen molar-refractivity contribution in [2.75, 3.05) is 19.0 Å². The van der Waals surface area contributed by atoms with Crippen molar-refractivity contribution in [2.45, 2.75) is 51.2 Å². The van der Waals surface area contributed by atoms with Crippen LogP contribution in [0.25, 0.3) is 10.8 Å². The van der Waals surface area contributed by atoms with Gasteiger partial charge in [0.25, 0.3) is 0 Å². The fraction of sp³-hybridized carbons (Fsp3) is 0.357. The van der Waals surface area contributed by atoms with Crippen molar-refractivity contribution in [1.82, 2.24) is 5.32 Å². The number of amides is 1. The van der Waals surface area contributed by atoms with Gasteiger partial charge < -0.3 is 24.8 Å². The van der Waals surface area contributed by atoms with Gasteiger partial charge >= 0.3 is 12.1 Å². The lowest BCUT2D eigenvalue weighted by Crippen LogP contribution is -2.58. The van der Waals surface area contributed by atoms with E-state index in [2.05, 4.69) is 23.5 Å². The van der Waals surface area contributed by atoms with E-state index in [9.17, 15) is 14.7 Å². The largest absolute Gasteiger partial charge is 0.479 e. The second-order valence-corrected chi connectivity index (χ2v) is 10.3. The van der Waals surface area contributed by atoms with Crippen molar-refractivity contribution >= 4 is 28.5 Å². The molecule has 1 aliphatic rings. The van der Waals surface area contributed by atoms with Crippen molar-refractivity contribution in [3.63, 3.8) is 0 Å². The number of alkyl carbamates (subject to hydrolysis) is 1. The number of aryl methyl sites for hydroxylation is 1. The summed E-state index contributed by atoms with van der Waals surface area (Å²) in [6.45, 7) is 5.23. The number of carbonyl (C=O) groups is 2. The van der Waals surface area contributed by atoms with Crippen LogP contribution in [0, 0.1) is 0 Å². The maximum atomic E-state index is 12.4. The third-order valence-corrected chi connectivity index (χ3v) is 6.21. The Hall–Kier alpha value is -3.74. The second kappa shape index (κ2) is 9.13. The molecule has 0 saturated carbocycles. The van der Waals surface area contributed by atoms with Crippen molar-refractivity contribution in [3.8, 4) is 11.5 Å². The smallest absolute Gasteiger partial charge is 0.408 e. The Bertz CT molecular complexity index is 1280. The van der Waals surface area contributed by atoms with E-state index in [0.717, 1.165) is 33.3 Å². The minimum absolute atomic E-state index is 0.147. The monoisotopic (exact) mass is 476 g/mol. The highest BCUT2D eigenvalue weighted by Crippen LogP contribution is 2.36. The average molecular weight is 477 g/mol. The summed E-state index contributed by atoms with van der Waals surface area (Å²) < 4.78 is 11.6. The Morgan fingerprint density at radius 2 is 1.80 bits per heavy atom. The summed E-state index contributed by atoms with van der Waals surface area (Å²) in [7, 11) is 3.99. The Morgan fingerprint density at radius 1 is 1.03 bits per heavy atom. The van der Waals surface area contributed by atoms with Crippen molar-refractivity contribution in [1.29, 1.82) is 0 Å². The van der Waals surface area contributed by atoms with Crippen LogP contribution < -0.4 is 15.0 Å². The molecule has 1 unspecified atom stereocenters. The predicted octanol–water partition coefficient (Wildman–Crippen LogP) is 5.53. The molecular weight excluding hydrogens is 444 g/mol. The van der Waals surface area contributed by atoms with E-state index < -0.39 is 23.2 Å². The molecule has 3 aromatic rings. The van der Waals surface area contributed by atoms with Crippen LogP contribution in [0.15, 0.2) is 54.6 Å². The highest BCUT2D eigenvalue weighted by Gasteiger charge is 2.44. The van der Waals surface area contributed by atoms with E-state index in [-0.39, 0.29) is 12.8 Å². The standard InChI is InChI=1S/C28H32N2O5/c1-27(2,3)35-26(33)29-28(25(31)32)14-13-18-10-12-22(15-20(18)17-28)34-24-8-6-7-19-9-11-21(30(4)5)16-23(19)24/h6-12,15-16H,13-14,17H2,1-5H3,(H,29,33)(H,31,32). The number of anilines is 1. The van der Waals surface area contributed by atoms with Gasteiger partial charge in [0.2, 0.25) is 0 Å². The van der Waals surface area contributed by atoms with Crippen molar-refractivity contribution in [2.24, 2.45) is 0 Å². The molecule has 1 aliphatic carbocycles. The number of nitrogens with one attached hydrogen (secondary N) is 1. The van der Waals surface area contributed by atoms with Gasteiger partial charge in [-0.2, -0.15) is 0 Å². The van der Waals surface area contributed by atoms with Gasteiger partial charge in [-0.25, -0.2) is 9.59 Å². The van der Waals surface area contributed by atoms with Crippen LogP contribution >= 0.6 is 0 Å². The predicted molar refractivity (Wildman–Crippen MR) is 137 cm³/mol. The Kier molecular flexibility index (Phi) is 6.36. The molecule has 0 spiro atoms. The van der Waals surface area contributed by atoms with Gasteiger partial charge in [-0.3, -0.25) is 0 Å². The van der Waals surface area contributed by atoms with Crippen molar-refractivity contribution in [3.05, 3.63) is 65.7 Å². The van der Waals surface area contributed by atoms with E-state index in [4.69, 9.17) is 9.47 Å². The second-order valence-electron chi connectivity index (χ2n) is 10.3. The molecule has 1 amide bonds. The van der Waals surface area contributed by atoms with Gasteiger partial charge in [0.15, 0.2) is 0 Å². The maximum Gasteiger partial charge on any atom is 0.408 e. The zero-order chi connectivity index (χ0) is 25.4. The number of carboxylic acid groups (broad SMARTS) is 1. The van der Waals surface area contributed by atoms with Gasteiger partial charge in [0.05, 0.1) is 0 Å². The number of hydrogen-bond acceptors (Lipinski definition) is 5. The highest BCUT2D eigenvalue weighted by molar-refractivity contribution is 5.91. The maximum absolute atomic E-state index is 12.4. The van der Waals surface area contributed by atoms with E-state index in [0.29, 0.717) is 12.2 Å². The molecule has 0 heterocycles. The molecule has 1 atom stereocenters. The molecule has 35 heavy (non-hydrogen) atoms. The van der Waals surface area contributed by atoms with Crippen LogP contribution in [0.1, 0.15) is 38.3 Å². The van der Waals surface area contributed by atoms with Crippen LogP contribution in [-0.2, 0) is 22.4 Å². The number of hydrogen-bond donors (Lipinski definition) is 2. The SMILES string of the molecule is CN(C)c1ccc2cccc(Oc3ccc4c(c3)CC(NC(=O)OC(C)(C)C)(C(=O)O)CC4)c2c1. The molecule has 0 saturated heterocycles. The number of aliphatic carboxylic acids is 1. The number of nitrogens with zero attached hydrogens (tertiary/aromatic N) is 1. The molecular formula is C28H32N2O5. The van der Waals surface area contributed by atoms with Crippen LogP contribution in [-0.4, -0.2) is 42.4 Å². The molecule has 7 heteroatoms. The minimum atomic E-state index is -1.44. The number of ether oxygens (including phenoxy) is 2. The van der Waals surface area contributed by atoms with Gasteiger partial charge in [-0.15, -0.1) is 0 Å². The summed E-state index contributed by atoms with van der Waals surface area (Å²) in [5.74, 6) is 0.258. The summed E-state index contributed by atoms with van der Waals surface area (Å²) in [6.07, 6.45) is 0.223. The number of benzene rings is 3. The number of rotatable bonds is 5. The molecule has 0 fully saturated rings. The molecule has 2 N–H and O–H groups in total. The molecule has 0 aliphatic heterocycles. The summed E-state index contributed by atoms with van der Waals surface area (Å²) in [5, 5.41) is 14.7. The molecule has 0 radical (unpaired) electrons. The number of fused-ring (bicyclic) bond motifs is 2. The van der Waals surface area contributed by atoms with Crippen LogP contribution in [0.4, 0.5) is 10.5 Å². The van der Waals surface area contributed by atoms with Crippen LogP contribution in [0.5, 0.6) is 11.5 Å². The van der Waals surface area contributed by atoms with E-state index in [1.165, 1.54) is 0 Å². The molecule has 184 valence electrons. The van der Waals surface area contributed by atoms with Gasteiger partial charge in [-0.05, 0) is 80.5 Å². The van der Waals surface area contributed by atoms with Gasteiger partial charge in [0.1, 0.15) is 22.6 Å². The lowest BCUT2D eigenvalue weighted by atomic mass is 9.78. The molecule has 4 rings (SSSR count). The summed E-state index contributed by atoms with van der Waals surface area (Å²) >= 11 is 0. The number of carbonyl (C=O) groups excluding carboxylic acids is 1. The topological polar surface area (TPSA) is 88.1 Å². The van der Waals surface area contributed by atoms with Crippen LogP contribution in [0.3, 0.4) is 0 Å². The first kappa shape index (κ1) is 24.4. The third kappa shape index (κ3) is 5.34. The molecule has 0 aromatic heterocycles. The van der Waals surface area contributed by atoms with Crippen molar-refractivity contribution < 1.29 is 24.2 Å². The normalized spacial score (nSPS) is 17.4. The van der Waals surface area contributed by atoms with E-state index >= 15 is 0 Å². The number of carboxylic acids is 1. The highest BCUT2D eigenvalue weighted by atomic mass is 16.6. The summed E-state index contributed by atoms with van der Waals surface area (Å²) in [4.78, 5) is 26.8.